The molecule has 0 bridgehead atoms. The Kier molecular flexibility index (Phi) is 6.10. The Bertz CT molecular complexity index is 741. The first kappa shape index (κ1) is 18.1. The monoisotopic (exact) mass is 348 g/mol. The summed E-state index contributed by atoms with van der Waals surface area (Å²) in [6, 6.07) is 7.26. The molecule has 2 aromatic carbocycles. The number of methoxy groups -OCH3 is 1. The van der Waals surface area contributed by atoms with Crippen LogP contribution in [0.15, 0.2) is 24.3 Å². The average molecular weight is 349 g/mol. The maximum atomic E-state index is 10.9. The molecule has 0 radical (unpaired) electrons. The lowest BCUT2D eigenvalue weighted by molar-refractivity contribution is 0.112. The van der Waals surface area contributed by atoms with Crippen LogP contribution in [0, 0.1) is 20.8 Å². The molecule has 0 aliphatic heterocycles. The maximum absolute atomic E-state index is 10.9. The molecule has 0 aliphatic carbocycles. The zero-order valence-electron chi connectivity index (χ0n) is 14.3. The SMILES string of the molecule is COc1cc(C=O)cc(Cl)c1OCCOc1cc(C)cc(C)c1C. The van der Waals surface area contributed by atoms with Gasteiger partial charge in [0, 0.05) is 5.56 Å². The second-order valence-electron chi connectivity index (χ2n) is 5.55. The van der Waals surface area contributed by atoms with E-state index in [1.807, 2.05) is 19.9 Å². The van der Waals surface area contributed by atoms with E-state index in [9.17, 15) is 4.79 Å². The Morgan fingerprint density at radius 1 is 1.00 bits per heavy atom. The van der Waals surface area contributed by atoms with Gasteiger partial charge in [0.05, 0.1) is 12.1 Å². The van der Waals surface area contributed by atoms with Crippen LogP contribution in [-0.2, 0) is 0 Å². The average Bonchev–Trinajstić information content (AvgIpc) is 2.56. The second kappa shape index (κ2) is 8.06. The third-order valence-corrected chi connectivity index (χ3v) is 4.02. The van der Waals surface area contributed by atoms with Gasteiger partial charge in [-0.05, 0) is 55.7 Å². The van der Waals surface area contributed by atoms with Crippen LogP contribution in [0.4, 0.5) is 0 Å². The quantitative estimate of drug-likeness (QED) is 0.544. The topological polar surface area (TPSA) is 44.8 Å². The molecule has 0 atom stereocenters. The summed E-state index contributed by atoms with van der Waals surface area (Å²) < 4.78 is 16.7. The molecule has 5 heteroatoms. The molecule has 2 rings (SSSR count). The number of hydrogen-bond donors (Lipinski definition) is 0. The largest absolute Gasteiger partial charge is 0.493 e. The minimum atomic E-state index is 0.308. The predicted molar refractivity (Wildman–Crippen MR) is 95.0 cm³/mol. The lowest BCUT2D eigenvalue weighted by Crippen LogP contribution is -2.11. The molecule has 2 aromatic rings. The number of benzene rings is 2. The van der Waals surface area contributed by atoms with Crippen LogP contribution in [0.5, 0.6) is 17.2 Å². The van der Waals surface area contributed by atoms with E-state index >= 15 is 0 Å². The number of aldehydes is 1. The van der Waals surface area contributed by atoms with E-state index in [4.69, 9.17) is 25.8 Å². The first-order chi connectivity index (χ1) is 11.5. The summed E-state index contributed by atoms with van der Waals surface area (Å²) >= 11 is 6.15. The van der Waals surface area contributed by atoms with E-state index in [0.29, 0.717) is 41.6 Å². The van der Waals surface area contributed by atoms with Crippen molar-refractivity contribution in [3.05, 3.63) is 51.5 Å². The number of rotatable bonds is 7. The number of hydrogen-bond acceptors (Lipinski definition) is 4. The summed E-state index contributed by atoms with van der Waals surface area (Å²) in [6.07, 6.45) is 0.712. The summed E-state index contributed by atoms with van der Waals surface area (Å²) in [5, 5.41) is 0.332. The molecular formula is C19H21ClO4. The van der Waals surface area contributed by atoms with Gasteiger partial charge in [0.25, 0.3) is 0 Å². The minimum Gasteiger partial charge on any atom is -0.493 e. The molecule has 0 spiro atoms. The number of carbonyl (C=O) groups is 1. The van der Waals surface area contributed by atoms with E-state index in [1.165, 1.54) is 12.7 Å². The van der Waals surface area contributed by atoms with E-state index in [2.05, 4.69) is 13.0 Å². The van der Waals surface area contributed by atoms with E-state index in [1.54, 1.807) is 12.1 Å². The Balaban J connectivity index is 2.02. The first-order valence-electron chi connectivity index (χ1n) is 7.62. The van der Waals surface area contributed by atoms with Crippen molar-refractivity contribution in [2.24, 2.45) is 0 Å². The molecule has 0 N–H and O–H groups in total. The highest BCUT2D eigenvalue weighted by Crippen LogP contribution is 2.36. The van der Waals surface area contributed by atoms with Crippen molar-refractivity contribution in [2.75, 3.05) is 20.3 Å². The Morgan fingerprint density at radius 2 is 1.71 bits per heavy atom. The molecule has 24 heavy (non-hydrogen) atoms. The van der Waals surface area contributed by atoms with Crippen LogP contribution in [0.25, 0.3) is 0 Å². The fourth-order valence-corrected chi connectivity index (χ4v) is 2.67. The second-order valence-corrected chi connectivity index (χ2v) is 5.96. The van der Waals surface area contributed by atoms with Gasteiger partial charge in [-0.2, -0.15) is 0 Å². The Hall–Kier alpha value is -2.20. The van der Waals surface area contributed by atoms with E-state index in [0.717, 1.165) is 16.9 Å². The minimum absolute atomic E-state index is 0.308. The maximum Gasteiger partial charge on any atom is 0.179 e. The molecule has 128 valence electrons. The number of ether oxygens (including phenoxy) is 3. The molecule has 0 fully saturated rings. The van der Waals surface area contributed by atoms with Crippen LogP contribution < -0.4 is 14.2 Å². The summed E-state index contributed by atoms with van der Waals surface area (Å²) in [5.41, 5.74) is 3.90. The molecular weight excluding hydrogens is 328 g/mol. The summed E-state index contributed by atoms with van der Waals surface area (Å²) in [7, 11) is 1.50. The van der Waals surface area contributed by atoms with Gasteiger partial charge in [-0.3, -0.25) is 4.79 Å². The highest BCUT2D eigenvalue weighted by molar-refractivity contribution is 6.32. The van der Waals surface area contributed by atoms with Gasteiger partial charge in [0.15, 0.2) is 11.5 Å². The highest BCUT2D eigenvalue weighted by Gasteiger charge is 2.12. The molecule has 0 heterocycles. The summed E-state index contributed by atoms with van der Waals surface area (Å²) in [5.74, 6) is 1.68. The Morgan fingerprint density at radius 3 is 2.38 bits per heavy atom. The zero-order valence-corrected chi connectivity index (χ0v) is 15.1. The molecule has 0 aliphatic rings. The smallest absolute Gasteiger partial charge is 0.179 e. The van der Waals surface area contributed by atoms with Gasteiger partial charge in [0.1, 0.15) is 25.2 Å². The predicted octanol–water partition coefficient (Wildman–Crippen LogP) is 4.54. The highest BCUT2D eigenvalue weighted by atomic mass is 35.5. The lowest BCUT2D eigenvalue weighted by atomic mass is 10.1. The summed E-state index contributed by atoms with van der Waals surface area (Å²) in [6.45, 7) is 6.81. The van der Waals surface area contributed by atoms with Crippen LogP contribution in [-0.4, -0.2) is 26.6 Å². The van der Waals surface area contributed by atoms with Crippen molar-refractivity contribution < 1.29 is 19.0 Å². The molecule has 0 saturated carbocycles. The first-order valence-corrected chi connectivity index (χ1v) is 8.00. The molecule has 0 saturated heterocycles. The van der Waals surface area contributed by atoms with Gasteiger partial charge in [0.2, 0.25) is 0 Å². The lowest BCUT2D eigenvalue weighted by Gasteiger charge is -2.15. The zero-order chi connectivity index (χ0) is 17.7. The van der Waals surface area contributed by atoms with Crippen LogP contribution in [0.2, 0.25) is 5.02 Å². The molecule has 0 amide bonds. The van der Waals surface area contributed by atoms with Gasteiger partial charge in [-0.1, -0.05) is 17.7 Å². The fraction of sp³-hybridized carbons (Fsp3) is 0.316. The van der Waals surface area contributed by atoms with Gasteiger partial charge < -0.3 is 14.2 Å². The Labute approximate surface area is 147 Å². The van der Waals surface area contributed by atoms with Crippen molar-refractivity contribution in [3.8, 4) is 17.2 Å². The van der Waals surface area contributed by atoms with Crippen LogP contribution in [0.1, 0.15) is 27.0 Å². The number of aryl methyl sites for hydroxylation is 2. The third kappa shape index (κ3) is 4.20. The molecule has 0 aromatic heterocycles. The van der Waals surface area contributed by atoms with Gasteiger partial charge >= 0.3 is 0 Å². The van der Waals surface area contributed by atoms with Crippen LogP contribution >= 0.6 is 11.6 Å². The van der Waals surface area contributed by atoms with Crippen molar-refractivity contribution >= 4 is 17.9 Å². The van der Waals surface area contributed by atoms with Crippen molar-refractivity contribution in [1.82, 2.24) is 0 Å². The van der Waals surface area contributed by atoms with Gasteiger partial charge in [-0.15, -0.1) is 0 Å². The summed E-state index contributed by atoms with van der Waals surface area (Å²) in [4.78, 5) is 10.9. The van der Waals surface area contributed by atoms with Gasteiger partial charge in [-0.25, -0.2) is 0 Å². The third-order valence-electron chi connectivity index (χ3n) is 3.74. The van der Waals surface area contributed by atoms with E-state index < -0.39 is 0 Å². The van der Waals surface area contributed by atoms with Crippen molar-refractivity contribution in [1.29, 1.82) is 0 Å². The fourth-order valence-electron chi connectivity index (χ4n) is 2.39. The number of halogens is 1. The molecule has 4 nitrogen and oxygen atoms in total. The van der Waals surface area contributed by atoms with Crippen molar-refractivity contribution in [2.45, 2.75) is 20.8 Å². The molecule has 0 unspecified atom stereocenters. The van der Waals surface area contributed by atoms with E-state index in [-0.39, 0.29) is 0 Å². The number of carbonyl (C=O) groups excluding carboxylic acids is 1. The van der Waals surface area contributed by atoms with Crippen molar-refractivity contribution in [3.63, 3.8) is 0 Å². The van der Waals surface area contributed by atoms with Crippen LogP contribution in [0.3, 0.4) is 0 Å². The standard InChI is InChI=1S/C19H21ClO4/c1-12-7-13(2)14(3)17(8-12)23-5-6-24-19-16(20)9-15(11-21)10-18(19)22-4/h7-11H,5-6H2,1-4H3. The normalized spacial score (nSPS) is 10.4.